The van der Waals surface area contributed by atoms with Crippen LogP contribution in [0.3, 0.4) is 0 Å². The van der Waals surface area contributed by atoms with Crippen molar-refractivity contribution in [1.82, 2.24) is 19.7 Å². The summed E-state index contributed by atoms with van der Waals surface area (Å²) >= 11 is 0. The van der Waals surface area contributed by atoms with E-state index in [1.54, 1.807) is 15.9 Å². The van der Waals surface area contributed by atoms with Crippen LogP contribution in [-0.4, -0.2) is 59.1 Å². The largest absolute Gasteiger partial charge is 0.482 e. The molecule has 2 heterocycles. The van der Waals surface area contributed by atoms with E-state index in [1.165, 1.54) is 12.1 Å². The van der Waals surface area contributed by atoms with E-state index < -0.39 is 21.3 Å². The molecule has 0 N–H and O–H groups in total. The Labute approximate surface area is 181 Å². The van der Waals surface area contributed by atoms with Crippen molar-refractivity contribution in [2.24, 2.45) is 0 Å². The fourth-order valence-corrected chi connectivity index (χ4v) is 3.80. The Hall–Kier alpha value is -2.69. The molecule has 1 saturated heterocycles. The van der Waals surface area contributed by atoms with Crippen LogP contribution in [0.2, 0.25) is 0 Å². The molecule has 31 heavy (non-hydrogen) atoms. The van der Waals surface area contributed by atoms with E-state index in [9.17, 15) is 17.6 Å². The van der Waals surface area contributed by atoms with Crippen molar-refractivity contribution in [2.45, 2.75) is 56.8 Å². The van der Waals surface area contributed by atoms with Crippen molar-refractivity contribution in [3.8, 4) is 5.75 Å². The highest BCUT2D eigenvalue weighted by atomic mass is 32.2. The first kappa shape index (κ1) is 23.0. The molecule has 11 heteroatoms. The maximum absolute atomic E-state index is 14.1. The number of aromatic nitrogens is 3. The fraction of sp³-hybridized carbons (Fsp3) is 0.550. The van der Waals surface area contributed by atoms with Gasteiger partial charge in [-0.1, -0.05) is 0 Å². The van der Waals surface area contributed by atoms with Gasteiger partial charge in [0.05, 0.1) is 10.9 Å². The molecule has 1 aliphatic rings. The zero-order valence-corrected chi connectivity index (χ0v) is 18.9. The minimum Gasteiger partial charge on any atom is -0.482 e. The Morgan fingerprint density at radius 1 is 1.26 bits per heavy atom. The number of likely N-dealkylation sites (tertiary alicyclic amines) is 1. The summed E-state index contributed by atoms with van der Waals surface area (Å²) in [6, 6.07) is 3.58. The first-order chi connectivity index (χ1) is 14.4. The Morgan fingerprint density at radius 3 is 2.52 bits per heavy atom. The average molecular weight is 455 g/mol. The van der Waals surface area contributed by atoms with Crippen LogP contribution >= 0.6 is 0 Å². The van der Waals surface area contributed by atoms with Crippen LogP contribution in [0.5, 0.6) is 5.75 Å². The van der Waals surface area contributed by atoms with Crippen molar-refractivity contribution in [3.63, 3.8) is 0 Å². The molecule has 1 aliphatic heterocycles. The molecule has 0 spiro atoms. The van der Waals surface area contributed by atoms with E-state index >= 15 is 0 Å². The number of rotatable bonds is 5. The van der Waals surface area contributed by atoms with E-state index in [4.69, 9.17) is 9.47 Å². The molecular weight excluding hydrogens is 427 g/mol. The second kappa shape index (κ2) is 8.81. The number of benzene rings is 1. The van der Waals surface area contributed by atoms with Crippen LogP contribution in [0, 0.1) is 5.82 Å². The highest BCUT2D eigenvalue weighted by molar-refractivity contribution is 7.90. The molecule has 1 aromatic carbocycles. The topological polar surface area (TPSA) is 104 Å². The van der Waals surface area contributed by atoms with E-state index in [2.05, 4.69) is 10.1 Å². The Balaban J connectivity index is 1.54. The molecule has 9 nitrogen and oxygen atoms in total. The van der Waals surface area contributed by atoms with Crippen molar-refractivity contribution >= 4 is 15.9 Å². The molecule has 1 aromatic heterocycles. The van der Waals surface area contributed by atoms with Gasteiger partial charge in [0.25, 0.3) is 0 Å². The first-order valence-corrected chi connectivity index (χ1v) is 11.8. The van der Waals surface area contributed by atoms with Gasteiger partial charge in [-0.25, -0.2) is 27.3 Å². The number of ether oxygens (including phenoxy) is 2. The maximum Gasteiger partial charge on any atom is 0.410 e. The first-order valence-electron chi connectivity index (χ1n) is 9.93. The summed E-state index contributed by atoms with van der Waals surface area (Å²) in [5, 5.41) is 4.39. The fourth-order valence-electron chi connectivity index (χ4n) is 3.16. The molecule has 2 aromatic rings. The third-order valence-electron chi connectivity index (χ3n) is 4.73. The molecule has 0 unspecified atom stereocenters. The number of nitrogens with zero attached hydrogens (tertiary/aromatic N) is 4. The summed E-state index contributed by atoms with van der Waals surface area (Å²) < 4.78 is 49.6. The lowest BCUT2D eigenvalue weighted by Gasteiger charge is -2.33. The van der Waals surface area contributed by atoms with Crippen LogP contribution in [-0.2, 0) is 21.2 Å². The van der Waals surface area contributed by atoms with Gasteiger partial charge >= 0.3 is 6.09 Å². The molecule has 3 rings (SSSR count). The minimum absolute atomic E-state index is 0.0567. The van der Waals surface area contributed by atoms with Gasteiger partial charge in [0.1, 0.15) is 18.5 Å². The maximum atomic E-state index is 14.1. The highest BCUT2D eigenvalue weighted by Crippen LogP contribution is 2.24. The van der Waals surface area contributed by atoms with Gasteiger partial charge in [-0.3, -0.25) is 0 Å². The third kappa shape index (κ3) is 6.16. The van der Waals surface area contributed by atoms with Crippen LogP contribution in [0.25, 0.3) is 0 Å². The minimum atomic E-state index is -3.49. The van der Waals surface area contributed by atoms with E-state index in [0.717, 1.165) is 12.3 Å². The summed E-state index contributed by atoms with van der Waals surface area (Å²) in [7, 11) is -3.49. The van der Waals surface area contributed by atoms with Crippen molar-refractivity contribution in [1.29, 1.82) is 0 Å². The van der Waals surface area contributed by atoms with Crippen molar-refractivity contribution in [3.05, 3.63) is 36.2 Å². The lowest BCUT2D eigenvalue weighted by Crippen LogP contribution is -2.42. The molecule has 170 valence electrons. The number of piperidine rings is 1. The van der Waals surface area contributed by atoms with Crippen LogP contribution in [0.4, 0.5) is 9.18 Å². The van der Waals surface area contributed by atoms with Crippen molar-refractivity contribution in [2.75, 3.05) is 19.3 Å². The second-order valence-corrected chi connectivity index (χ2v) is 10.5. The van der Waals surface area contributed by atoms with Crippen LogP contribution in [0.15, 0.2) is 29.4 Å². The van der Waals surface area contributed by atoms with Gasteiger partial charge in [-0.15, -0.1) is 0 Å². The number of hydrogen-bond acceptors (Lipinski definition) is 7. The lowest BCUT2D eigenvalue weighted by molar-refractivity contribution is 0.0184. The Morgan fingerprint density at radius 2 is 1.94 bits per heavy atom. The van der Waals surface area contributed by atoms with E-state index in [1.807, 2.05) is 20.8 Å². The summed E-state index contributed by atoms with van der Waals surface area (Å²) in [6.45, 7) is 6.57. The number of carbonyl (C=O) groups is 1. The highest BCUT2D eigenvalue weighted by Gasteiger charge is 2.28. The Kier molecular flexibility index (Phi) is 6.54. The van der Waals surface area contributed by atoms with Crippen LogP contribution < -0.4 is 4.74 Å². The number of amides is 1. The summed E-state index contributed by atoms with van der Waals surface area (Å²) in [6.07, 6.45) is 3.71. The zero-order valence-electron chi connectivity index (χ0n) is 18.0. The molecule has 1 fully saturated rings. The van der Waals surface area contributed by atoms with Gasteiger partial charge in [0.15, 0.2) is 27.2 Å². The number of halogens is 1. The summed E-state index contributed by atoms with van der Waals surface area (Å²) in [5.41, 5.74) is -0.528. The second-order valence-electron chi connectivity index (χ2n) is 8.49. The molecule has 0 radical (unpaired) electrons. The Bertz CT molecular complexity index is 1040. The zero-order chi connectivity index (χ0) is 22.8. The van der Waals surface area contributed by atoms with Gasteiger partial charge in [-0.05, 0) is 51.8 Å². The predicted octanol–water partition coefficient (Wildman–Crippen LogP) is 2.97. The molecule has 0 saturated carbocycles. The van der Waals surface area contributed by atoms with E-state index in [-0.39, 0.29) is 29.4 Å². The SMILES string of the molecule is CC(C)(C)OC(=O)N1CCC(n2cnc(COc3ccc(S(C)(=O)=O)cc3F)n2)CC1. The smallest absolute Gasteiger partial charge is 0.410 e. The quantitative estimate of drug-likeness (QED) is 0.684. The van der Waals surface area contributed by atoms with Crippen molar-refractivity contribution < 1.29 is 27.1 Å². The standard InChI is InChI=1S/C20H27FN4O5S/c1-20(2,3)30-19(26)24-9-7-14(8-10-24)25-13-22-18(23-25)12-29-17-6-5-15(11-16(17)21)31(4,27)28/h5-6,11,13-14H,7-10,12H2,1-4H3. The number of carbonyl (C=O) groups excluding carboxylic acids is 1. The third-order valence-corrected chi connectivity index (χ3v) is 5.84. The van der Waals surface area contributed by atoms with Gasteiger partial charge in [0.2, 0.25) is 0 Å². The van der Waals surface area contributed by atoms with Gasteiger partial charge < -0.3 is 14.4 Å². The molecule has 0 aliphatic carbocycles. The lowest BCUT2D eigenvalue weighted by atomic mass is 10.1. The van der Waals surface area contributed by atoms with Gasteiger partial charge in [-0.2, -0.15) is 5.10 Å². The normalized spacial score (nSPS) is 15.7. The average Bonchev–Trinajstić information content (AvgIpc) is 3.14. The van der Waals surface area contributed by atoms with Gasteiger partial charge in [0, 0.05) is 19.3 Å². The molecule has 1 amide bonds. The van der Waals surface area contributed by atoms with Crippen LogP contribution in [0.1, 0.15) is 45.5 Å². The summed E-state index contributed by atoms with van der Waals surface area (Å²) in [5.74, 6) is -0.465. The number of hydrogen-bond donors (Lipinski definition) is 0. The predicted molar refractivity (Wildman–Crippen MR) is 110 cm³/mol. The monoisotopic (exact) mass is 454 g/mol. The van der Waals surface area contributed by atoms with E-state index in [0.29, 0.717) is 31.8 Å². The molecular formula is C20H27FN4O5S. The number of sulfone groups is 1. The summed E-state index contributed by atoms with van der Waals surface area (Å²) in [4.78, 5) is 17.9. The molecule has 0 bridgehead atoms. The molecule has 0 atom stereocenters.